The van der Waals surface area contributed by atoms with E-state index in [1.165, 1.54) is 0 Å². The number of rotatable bonds is 6. The van der Waals surface area contributed by atoms with Gasteiger partial charge in [0.05, 0.1) is 17.9 Å². The minimum atomic E-state index is -0.350. The molecule has 26 heavy (non-hydrogen) atoms. The minimum Gasteiger partial charge on any atom is -0.492 e. The third-order valence-corrected chi connectivity index (χ3v) is 3.89. The van der Waals surface area contributed by atoms with Gasteiger partial charge in [0.2, 0.25) is 0 Å². The Kier molecular flexibility index (Phi) is 5.44. The number of anilines is 1. The summed E-state index contributed by atoms with van der Waals surface area (Å²) in [5.74, 6) is 0.0571. The van der Waals surface area contributed by atoms with Crippen LogP contribution in [0.1, 0.15) is 33.2 Å². The fourth-order valence-electron chi connectivity index (χ4n) is 2.67. The molecule has 3 aromatic rings. The number of carbonyl (C=O) groups excluding carboxylic acids is 2. The van der Waals surface area contributed by atoms with Crippen LogP contribution in [0, 0.1) is 0 Å². The van der Waals surface area contributed by atoms with Crippen molar-refractivity contribution in [1.29, 1.82) is 0 Å². The number of benzene rings is 3. The van der Waals surface area contributed by atoms with Gasteiger partial charge in [0.25, 0.3) is 5.91 Å². The summed E-state index contributed by atoms with van der Waals surface area (Å²) in [5, 5.41) is 2.84. The fourth-order valence-corrected chi connectivity index (χ4v) is 2.67. The summed E-state index contributed by atoms with van der Waals surface area (Å²) in [4.78, 5) is 25.6. The molecule has 0 heterocycles. The van der Waals surface area contributed by atoms with Crippen molar-refractivity contribution in [2.75, 3.05) is 11.9 Å². The number of carbonyl (C=O) groups is 2. The van der Waals surface area contributed by atoms with Crippen LogP contribution < -0.4 is 10.1 Å². The van der Waals surface area contributed by atoms with Crippen LogP contribution in [-0.2, 0) is 0 Å². The lowest BCUT2D eigenvalue weighted by Gasteiger charge is -2.13. The molecule has 3 rings (SSSR count). The highest BCUT2D eigenvalue weighted by Crippen LogP contribution is 2.25. The average molecular weight is 345 g/mol. The standard InChI is InChI=1S/C22H19NO3/c1-2-26-20-15-9-8-14-19(20)23-22(25)18-13-7-6-12-17(18)21(24)16-10-4-3-5-11-16/h3-15H,2H2,1H3,(H,23,25). The molecule has 0 bridgehead atoms. The molecule has 0 aliphatic rings. The molecule has 3 aromatic carbocycles. The molecule has 0 spiro atoms. The van der Waals surface area contributed by atoms with Gasteiger partial charge in [-0.3, -0.25) is 9.59 Å². The van der Waals surface area contributed by atoms with Crippen molar-refractivity contribution in [2.45, 2.75) is 6.92 Å². The Labute approximate surface area is 152 Å². The summed E-state index contributed by atoms with van der Waals surface area (Å²) in [7, 11) is 0. The smallest absolute Gasteiger partial charge is 0.256 e. The molecule has 0 saturated heterocycles. The van der Waals surface area contributed by atoms with Gasteiger partial charge in [-0.05, 0) is 25.1 Å². The first-order chi connectivity index (χ1) is 12.7. The number of amides is 1. The van der Waals surface area contributed by atoms with E-state index in [2.05, 4.69) is 5.32 Å². The van der Waals surface area contributed by atoms with Gasteiger partial charge in [-0.15, -0.1) is 0 Å². The molecular weight excluding hydrogens is 326 g/mol. The molecule has 0 aromatic heterocycles. The van der Waals surface area contributed by atoms with E-state index in [4.69, 9.17) is 4.74 Å². The second-order valence-electron chi connectivity index (χ2n) is 5.62. The number of para-hydroxylation sites is 2. The number of ether oxygens (including phenoxy) is 1. The van der Waals surface area contributed by atoms with E-state index < -0.39 is 0 Å². The molecule has 0 fully saturated rings. The molecule has 1 amide bonds. The van der Waals surface area contributed by atoms with Gasteiger partial charge in [-0.2, -0.15) is 0 Å². The third kappa shape index (κ3) is 3.81. The topological polar surface area (TPSA) is 55.4 Å². The van der Waals surface area contributed by atoms with E-state index in [0.717, 1.165) is 0 Å². The summed E-state index contributed by atoms with van der Waals surface area (Å²) in [6, 6.07) is 22.9. The maximum absolute atomic E-state index is 12.8. The van der Waals surface area contributed by atoms with Crippen LogP contribution in [-0.4, -0.2) is 18.3 Å². The highest BCUT2D eigenvalue weighted by atomic mass is 16.5. The van der Waals surface area contributed by atoms with Crippen molar-refractivity contribution in [1.82, 2.24) is 0 Å². The first kappa shape index (κ1) is 17.4. The summed E-state index contributed by atoms with van der Waals surface area (Å²) >= 11 is 0. The lowest BCUT2D eigenvalue weighted by Crippen LogP contribution is -2.17. The lowest BCUT2D eigenvalue weighted by atomic mass is 9.98. The maximum Gasteiger partial charge on any atom is 0.256 e. The van der Waals surface area contributed by atoms with Crippen LogP contribution in [0.5, 0.6) is 5.75 Å². The Bertz CT molecular complexity index is 919. The van der Waals surface area contributed by atoms with Crippen molar-refractivity contribution >= 4 is 17.4 Å². The Morgan fingerprint density at radius 3 is 2.15 bits per heavy atom. The molecule has 0 radical (unpaired) electrons. The summed E-state index contributed by atoms with van der Waals surface area (Å²) < 4.78 is 5.54. The van der Waals surface area contributed by atoms with Crippen LogP contribution in [0.25, 0.3) is 0 Å². The lowest BCUT2D eigenvalue weighted by molar-refractivity contribution is 0.0996. The first-order valence-corrected chi connectivity index (χ1v) is 8.42. The Morgan fingerprint density at radius 2 is 1.42 bits per heavy atom. The molecule has 0 unspecified atom stereocenters. The highest BCUT2D eigenvalue weighted by molar-refractivity contribution is 6.17. The third-order valence-electron chi connectivity index (χ3n) is 3.89. The zero-order chi connectivity index (χ0) is 18.4. The summed E-state index contributed by atoms with van der Waals surface area (Å²) in [5.41, 5.74) is 1.81. The van der Waals surface area contributed by atoms with Crippen LogP contribution in [0.3, 0.4) is 0 Å². The summed E-state index contributed by atoms with van der Waals surface area (Å²) in [6.45, 7) is 2.38. The number of hydrogen-bond acceptors (Lipinski definition) is 3. The van der Waals surface area contributed by atoms with Crippen molar-refractivity contribution in [3.63, 3.8) is 0 Å². The van der Waals surface area contributed by atoms with Gasteiger partial charge in [-0.25, -0.2) is 0 Å². The van der Waals surface area contributed by atoms with Gasteiger partial charge >= 0.3 is 0 Å². The Balaban J connectivity index is 1.91. The maximum atomic E-state index is 12.8. The quantitative estimate of drug-likeness (QED) is 0.666. The van der Waals surface area contributed by atoms with Crippen LogP contribution in [0.4, 0.5) is 5.69 Å². The number of nitrogens with one attached hydrogen (secondary N) is 1. The average Bonchev–Trinajstić information content (AvgIpc) is 2.70. The van der Waals surface area contributed by atoms with E-state index in [0.29, 0.717) is 34.7 Å². The van der Waals surface area contributed by atoms with Crippen molar-refractivity contribution < 1.29 is 14.3 Å². The zero-order valence-corrected chi connectivity index (χ0v) is 14.4. The molecule has 1 N–H and O–H groups in total. The Hall–Kier alpha value is -3.40. The van der Waals surface area contributed by atoms with E-state index in [-0.39, 0.29) is 11.7 Å². The van der Waals surface area contributed by atoms with Gasteiger partial charge < -0.3 is 10.1 Å². The second kappa shape index (κ2) is 8.12. The zero-order valence-electron chi connectivity index (χ0n) is 14.4. The van der Waals surface area contributed by atoms with Gasteiger partial charge in [0.15, 0.2) is 5.78 Å². The van der Waals surface area contributed by atoms with E-state index in [1.54, 1.807) is 60.7 Å². The monoisotopic (exact) mass is 345 g/mol. The first-order valence-electron chi connectivity index (χ1n) is 8.42. The molecule has 4 heteroatoms. The molecule has 0 aliphatic heterocycles. The molecule has 130 valence electrons. The van der Waals surface area contributed by atoms with Gasteiger partial charge in [0, 0.05) is 11.1 Å². The second-order valence-corrected chi connectivity index (χ2v) is 5.62. The van der Waals surface area contributed by atoms with Gasteiger partial charge in [-0.1, -0.05) is 60.7 Å². The summed E-state index contributed by atoms with van der Waals surface area (Å²) in [6.07, 6.45) is 0. The Morgan fingerprint density at radius 1 is 0.808 bits per heavy atom. The normalized spacial score (nSPS) is 10.2. The van der Waals surface area contributed by atoms with E-state index in [9.17, 15) is 9.59 Å². The van der Waals surface area contributed by atoms with Crippen LogP contribution >= 0.6 is 0 Å². The molecule has 0 atom stereocenters. The van der Waals surface area contributed by atoms with E-state index >= 15 is 0 Å². The minimum absolute atomic E-state index is 0.186. The molecular formula is C22H19NO3. The molecule has 4 nitrogen and oxygen atoms in total. The largest absolute Gasteiger partial charge is 0.492 e. The SMILES string of the molecule is CCOc1ccccc1NC(=O)c1ccccc1C(=O)c1ccccc1. The fraction of sp³-hybridized carbons (Fsp3) is 0.0909. The molecule has 0 aliphatic carbocycles. The highest BCUT2D eigenvalue weighted by Gasteiger charge is 2.18. The van der Waals surface area contributed by atoms with Crippen molar-refractivity contribution in [2.24, 2.45) is 0 Å². The number of hydrogen-bond donors (Lipinski definition) is 1. The predicted molar refractivity (Wildman–Crippen MR) is 102 cm³/mol. The van der Waals surface area contributed by atoms with Crippen LogP contribution in [0.15, 0.2) is 78.9 Å². The number of ketones is 1. The predicted octanol–water partition coefficient (Wildman–Crippen LogP) is 4.57. The van der Waals surface area contributed by atoms with Gasteiger partial charge in [0.1, 0.15) is 5.75 Å². The van der Waals surface area contributed by atoms with E-state index in [1.807, 2.05) is 25.1 Å². The van der Waals surface area contributed by atoms with Crippen LogP contribution in [0.2, 0.25) is 0 Å². The van der Waals surface area contributed by atoms with Crippen molar-refractivity contribution in [3.8, 4) is 5.75 Å². The molecule has 0 saturated carbocycles. The van der Waals surface area contributed by atoms with Crippen molar-refractivity contribution in [3.05, 3.63) is 95.6 Å².